The molecule has 2 aromatic carbocycles. The molecule has 0 aliphatic heterocycles. The van der Waals surface area contributed by atoms with E-state index in [-0.39, 0.29) is 0 Å². The van der Waals surface area contributed by atoms with Crippen LogP contribution in [0.2, 0.25) is 0 Å². The SMILES string of the molecule is O=C(Oc1cccc(-c2ccccc2)c1)c1ccoc1. The molecule has 0 amide bonds. The van der Waals surface area contributed by atoms with E-state index in [0.29, 0.717) is 11.3 Å². The Kier molecular flexibility index (Phi) is 3.33. The Morgan fingerprint density at radius 2 is 1.70 bits per heavy atom. The van der Waals surface area contributed by atoms with Gasteiger partial charge in [-0.15, -0.1) is 0 Å². The Hall–Kier alpha value is -2.81. The van der Waals surface area contributed by atoms with Gasteiger partial charge in [0.1, 0.15) is 12.0 Å². The molecular formula is C17H12O3. The highest BCUT2D eigenvalue weighted by atomic mass is 16.5. The number of ether oxygens (including phenoxy) is 1. The van der Waals surface area contributed by atoms with Crippen molar-refractivity contribution < 1.29 is 13.9 Å². The fraction of sp³-hybridized carbons (Fsp3) is 0. The first-order valence-corrected chi connectivity index (χ1v) is 6.23. The van der Waals surface area contributed by atoms with Gasteiger partial charge in [0.25, 0.3) is 0 Å². The van der Waals surface area contributed by atoms with E-state index in [2.05, 4.69) is 0 Å². The van der Waals surface area contributed by atoms with Gasteiger partial charge in [-0.2, -0.15) is 0 Å². The summed E-state index contributed by atoms with van der Waals surface area (Å²) in [6.45, 7) is 0. The molecule has 0 atom stereocenters. The van der Waals surface area contributed by atoms with E-state index in [4.69, 9.17) is 9.15 Å². The largest absolute Gasteiger partial charge is 0.472 e. The van der Waals surface area contributed by atoms with Gasteiger partial charge in [0.2, 0.25) is 0 Å². The number of furan rings is 1. The quantitative estimate of drug-likeness (QED) is 0.526. The molecule has 3 heteroatoms. The van der Waals surface area contributed by atoms with Crippen molar-refractivity contribution in [1.29, 1.82) is 0 Å². The highest BCUT2D eigenvalue weighted by molar-refractivity contribution is 5.90. The molecule has 0 aliphatic carbocycles. The average molecular weight is 264 g/mol. The summed E-state index contributed by atoms with van der Waals surface area (Å²) in [6, 6.07) is 18.9. The smallest absolute Gasteiger partial charge is 0.346 e. The molecular weight excluding hydrogens is 252 g/mol. The summed E-state index contributed by atoms with van der Waals surface area (Å²) in [5.74, 6) is 0.0847. The average Bonchev–Trinajstić information content (AvgIpc) is 3.03. The van der Waals surface area contributed by atoms with Crippen molar-refractivity contribution in [3.63, 3.8) is 0 Å². The molecule has 0 saturated carbocycles. The van der Waals surface area contributed by atoms with Crippen LogP contribution in [0.25, 0.3) is 11.1 Å². The van der Waals surface area contributed by atoms with Crippen molar-refractivity contribution in [2.75, 3.05) is 0 Å². The van der Waals surface area contributed by atoms with E-state index in [1.54, 1.807) is 12.1 Å². The predicted octanol–water partition coefficient (Wildman–Crippen LogP) is 4.17. The van der Waals surface area contributed by atoms with E-state index in [1.807, 2.05) is 48.5 Å². The Labute approximate surface area is 116 Å². The second-order valence-corrected chi connectivity index (χ2v) is 4.30. The third kappa shape index (κ3) is 2.62. The van der Waals surface area contributed by atoms with E-state index in [1.165, 1.54) is 12.5 Å². The number of esters is 1. The minimum atomic E-state index is -0.427. The van der Waals surface area contributed by atoms with Gasteiger partial charge in [0.05, 0.1) is 11.8 Å². The standard InChI is InChI=1S/C17H12O3/c18-17(15-9-10-19-12-15)20-16-8-4-7-14(11-16)13-5-2-1-3-6-13/h1-12H. The van der Waals surface area contributed by atoms with E-state index < -0.39 is 5.97 Å². The Bertz CT molecular complexity index is 700. The molecule has 3 rings (SSSR count). The molecule has 0 spiro atoms. The first kappa shape index (κ1) is 12.2. The zero-order chi connectivity index (χ0) is 13.8. The molecule has 98 valence electrons. The van der Waals surface area contributed by atoms with E-state index in [0.717, 1.165) is 11.1 Å². The summed E-state index contributed by atoms with van der Waals surface area (Å²) in [7, 11) is 0. The Balaban J connectivity index is 1.83. The van der Waals surface area contributed by atoms with Gasteiger partial charge in [0, 0.05) is 0 Å². The van der Waals surface area contributed by atoms with Gasteiger partial charge >= 0.3 is 5.97 Å². The summed E-state index contributed by atoms with van der Waals surface area (Å²) < 4.78 is 10.2. The van der Waals surface area contributed by atoms with Crippen LogP contribution < -0.4 is 4.74 Å². The van der Waals surface area contributed by atoms with Crippen molar-refractivity contribution in [2.45, 2.75) is 0 Å². The number of rotatable bonds is 3. The summed E-state index contributed by atoms with van der Waals surface area (Å²) in [5, 5.41) is 0. The Morgan fingerprint density at radius 3 is 2.45 bits per heavy atom. The van der Waals surface area contributed by atoms with Gasteiger partial charge in [0.15, 0.2) is 0 Å². The third-order valence-electron chi connectivity index (χ3n) is 2.91. The lowest BCUT2D eigenvalue weighted by atomic mass is 10.1. The zero-order valence-electron chi connectivity index (χ0n) is 10.7. The van der Waals surface area contributed by atoms with Gasteiger partial charge in [-0.1, -0.05) is 42.5 Å². The van der Waals surface area contributed by atoms with Crippen molar-refractivity contribution in [1.82, 2.24) is 0 Å². The number of carbonyl (C=O) groups is 1. The van der Waals surface area contributed by atoms with Crippen LogP contribution in [0, 0.1) is 0 Å². The summed E-state index contributed by atoms with van der Waals surface area (Å²) in [4.78, 5) is 11.8. The van der Waals surface area contributed by atoms with Crippen molar-refractivity contribution >= 4 is 5.97 Å². The molecule has 0 bridgehead atoms. The zero-order valence-corrected chi connectivity index (χ0v) is 10.7. The molecule has 0 saturated heterocycles. The molecule has 0 fully saturated rings. The Morgan fingerprint density at radius 1 is 0.900 bits per heavy atom. The first-order chi connectivity index (χ1) is 9.83. The normalized spacial score (nSPS) is 10.2. The van der Waals surface area contributed by atoms with Crippen molar-refractivity contribution in [3.8, 4) is 16.9 Å². The maximum Gasteiger partial charge on any atom is 0.346 e. The lowest BCUT2D eigenvalue weighted by Crippen LogP contribution is -2.06. The summed E-state index contributed by atoms with van der Waals surface area (Å²) in [5.41, 5.74) is 2.48. The predicted molar refractivity (Wildman–Crippen MR) is 75.5 cm³/mol. The minimum absolute atomic E-state index is 0.398. The fourth-order valence-corrected chi connectivity index (χ4v) is 1.92. The molecule has 20 heavy (non-hydrogen) atoms. The summed E-state index contributed by atoms with van der Waals surface area (Å²) >= 11 is 0. The molecule has 1 aromatic heterocycles. The highest BCUT2D eigenvalue weighted by Crippen LogP contribution is 2.24. The lowest BCUT2D eigenvalue weighted by Gasteiger charge is -2.06. The van der Waals surface area contributed by atoms with E-state index in [9.17, 15) is 4.79 Å². The van der Waals surface area contributed by atoms with Crippen LogP contribution in [-0.4, -0.2) is 5.97 Å². The number of carbonyl (C=O) groups excluding carboxylic acids is 1. The van der Waals surface area contributed by atoms with Gasteiger partial charge in [-0.3, -0.25) is 0 Å². The molecule has 1 heterocycles. The van der Waals surface area contributed by atoms with Crippen LogP contribution in [0.4, 0.5) is 0 Å². The molecule has 3 nitrogen and oxygen atoms in total. The molecule has 0 N–H and O–H groups in total. The molecule has 0 unspecified atom stereocenters. The van der Waals surface area contributed by atoms with Gasteiger partial charge < -0.3 is 9.15 Å². The molecule has 3 aromatic rings. The minimum Gasteiger partial charge on any atom is -0.472 e. The van der Waals surface area contributed by atoms with Crippen LogP contribution in [0.15, 0.2) is 77.6 Å². The second-order valence-electron chi connectivity index (χ2n) is 4.30. The topological polar surface area (TPSA) is 39.4 Å². The molecule has 0 radical (unpaired) electrons. The maximum absolute atomic E-state index is 11.8. The number of benzene rings is 2. The van der Waals surface area contributed by atoms with Gasteiger partial charge in [-0.25, -0.2) is 4.79 Å². The van der Waals surface area contributed by atoms with Gasteiger partial charge in [-0.05, 0) is 29.3 Å². The van der Waals surface area contributed by atoms with Crippen LogP contribution in [0.5, 0.6) is 5.75 Å². The first-order valence-electron chi connectivity index (χ1n) is 6.23. The van der Waals surface area contributed by atoms with Crippen LogP contribution in [-0.2, 0) is 0 Å². The molecule has 0 aliphatic rings. The summed E-state index contributed by atoms with van der Waals surface area (Å²) in [6.07, 6.45) is 2.81. The highest BCUT2D eigenvalue weighted by Gasteiger charge is 2.10. The van der Waals surface area contributed by atoms with E-state index >= 15 is 0 Å². The maximum atomic E-state index is 11.8. The second kappa shape index (κ2) is 5.45. The third-order valence-corrected chi connectivity index (χ3v) is 2.91. The van der Waals surface area contributed by atoms with Crippen LogP contribution >= 0.6 is 0 Å². The van der Waals surface area contributed by atoms with Crippen LogP contribution in [0.3, 0.4) is 0 Å². The number of hydrogen-bond donors (Lipinski definition) is 0. The monoisotopic (exact) mass is 264 g/mol. The fourth-order valence-electron chi connectivity index (χ4n) is 1.92. The lowest BCUT2D eigenvalue weighted by molar-refractivity contribution is 0.0734. The van der Waals surface area contributed by atoms with Crippen molar-refractivity contribution in [2.24, 2.45) is 0 Å². The van der Waals surface area contributed by atoms with Crippen molar-refractivity contribution in [3.05, 3.63) is 78.8 Å². The number of hydrogen-bond acceptors (Lipinski definition) is 3. The van der Waals surface area contributed by atoms with Crippen LogP contribution in [0.1, 0.15) is 10.4 Å².